The smallest absolute Gasteiger partial charge is 0.274 e. The SMILES string of the molecule is O=C(Nc1cnc2nc[nH]c2c1)C(F)Cl. The average Bonchev–Trinajstić information content (AvgIpc) is 2.64. The third-order valence-corrected chi connectivity index (χ3v) is 1.94. The van der Waals surface area contributed by atoms with Crippen LogP contribution in [0.5, 0.6) is 0 Å². The Bertz CT molecular complexity index is 498. The van der Waals surface area contributed by atoms with E-state index in [-0.39, 0.29) is 0 Å². The monoisotopic (exact) mass is 228 g/mol. The first-order chi connectivity index (χ1) is 7.16. The standard InChI is InChI=1S/C8H6ClFN4O/c9-6(10)8(15)14-4-1-5-7(11-2-4)13-3-12-5/h1-3,6H,(H,14,15)(H,11,12,13). The summed E-state index contributed by atoms with van der Waals surface area (Å²) in [6.07, 6.45) is 2.85. The zero-order chi connectivity index (χ0) is 10.8. The molecule has 15 heavy (non-hydrogen) atoms. The molecule has 2 heterocycles. The Hall–Kier alpha value is -1.69. The topological polar surface area (TPSA) is 70.7 Å². The van der Waals surface area contributed by atoms with Crippen molar-refractivity contribution in [3.8, 4) is 0 Å². The number of pyridine rings is 1. The van der Waals surface area contributed by atoms with E-state index in [0.29, 0.717) is 16.9 Å². The van der Waals surface area contributed by atoms with Crippen molar-refractivity contribution in [2.45, 2.75) is 5.63 Å². The minimum atomic E-state index is -2.07. The molecule has 7 heteroatoms. The quantitative estimate of drug-likeness (QED) is 0.764. The number of amides is 1. The number of carbonyl (C=O) groups is 1. The number of aromatic amines is 1. The molecule has 0 aliphatic rings. The second-order valence-corrected chi connectivity index (χ2v) is 3.17. The second kappa shape index (κ2) is 3.82. The number of halogens is 2. The number of anilines is 1. The number of hydrogen-bond donors (Lipinski definition) is 2. The Labute approximate surface area is 88.7 Å². The summed E-state index contributed by atoms with van der Waals surface area (Å²) in [6.45, 7) is 0. The highest BCUT2D eigenvalue weighted by atomic mass is 35.5. The number of imidazole rings is 1. The van der Waals surface area contributed by atoms with Gasteiger partial charge in [-0.3, -0.25) is 4.79 Å². The highest BCUT2D eigenvalue weighted by Crippen LogP contribution is 2.13. The lowest BCUT2D eigenvalue weighted by molar-refractivity contribution is -0.118. The molecule has 0 fully saturated rings. The van der Waals surface area contributed by atoms with Gasteiger partial charge in [0.2, 0.25) is 0 Å². The van der Waals surface area contributed by atoms with E-state index in [1.165, 1.54) is 12.5 Å². The molecular formula is C8H6ClFN4O. The van der Waals surface area contributed by atoms with Gasteiger partial charge >= 0.3 is 0 Å². The maximum absolute atomic E-state index is 12.3. The normalized spacial score (nSPS) is 12.7. The van der Waals surface area contributed by atoms with E-state index in [1.54, 1.807) is 6.07 Å². The van der Waals surface area contributed by atoms with Crippen molar-refractivity contribution in [1.29, 1.82) is 0 Å². The number of nitrogens with zero attached hydrogens (tertiary/aromatic N) is 2. The average molecular weight is 229 g/mol. The van der Waals surface area contributed by atoms with Crippen LogP contribution >= 0.6 is 11.6 Å². The molecule has 1 unspecified atom stereocenters. The van der Waals surface area contributed by atoms with Gasteiger partial charge in [0.1, 0.15) is 0 Å². The summed E-state index contributed by atoms with van der Waals surface area (Å²) >= 11 is 4.96. The molecule has 0 saturated heterocycles. The summed E-state index contributed by atoms with van der Waals surface area (Å²) in [5, 5.41) is 2.27. The van der Waals surface area contributed by atoms with E-state index < -0.39 is 11.5 Å². The van der Waals surface area contributed by atoms with Gasteiger partial charge in [-0.1, -0.05) is 11.6 Å². The molecular weight excluding hydrogens is 223 g/mol. The van der Waals surface area contributed by atoms with Crippen LogP contribution in [0.2, 0.25) is 0 Å². The van der Waals surface area contributed by atoms with Crippen molar-refractivity contribution in [2.75, 3.05) is 5.32 Å². The second-order valence-electron chi connectivity index (χ2n) is 2.79. The van der Waals surface area contributed by atoms with Crippen LogP contribution in [0, 0.1) is 0 Å². The van der Waals surface area contributed by atoms with Crippen molar-refractivity contribution < 1.29 is 9.18 Å². The molecule has 0 saturated carbocycles. The Morgan fingerprint density at radius 3 is 3.13 bits per heavy atom. The minimum Gasteiger partial charge on any atom is -0.343 e. The maximum Gasteiger partial charge on any atom is 0.274 e. The number of nitrogens with one attached hydrogen (secondary N) is 2. The molecule has 2 N–H and O–H groups in total. The van der Waals surface area contributed by atoms with Crippen molar-refractivity contribution in [3.05, 3.63) is 18.6 Å². The van der Waals surface area contributed by atoms with Crippen LogP contribution in [-0.2, 0) is 4.79 Å². The number of fused-ring (bicyclic) bond motifs is 1. The lowest BCUT2D eigenvalue weighted by atomic mass is 10.4. The molecule has 5 nitrogen and oxygen atoms in total. The van der Waals surface area contributed by atoms with Crippen LogP contribution < -0.4 is 5.32 Å². The highest BCUT2D eigenvalue weighted by molar-refractivity contribution is 6.31. The van der Waals surface area contributed by atoms with Crippen LogP contribution in [0.1, 0.15) is 0 Å². The maximum atomic E-state index is 12.3. The van der Waals surface area contributed by atoms with Crippen molar-refractivity contribution in [2.24, 2.45) is 0 Å². The van der Waals surface area contributed by atoms with Gasteiger partial charge in [0.05, 0.1) is 23.7 Å². The minimum absolute atomic E-state index is 0.361. The summed E-state index contributed by atoms with van der Waals surface area (Å²) in [5.74, 6) is -0.919. The number of H-pyrrole nitrogens is 1. The Morgan fingerprint density at radius 2 is 2.40 bits per heavy atom. The van der Waals surface area contributed by atoms with Crippen LogP contribution in [0.15, 0.2) is 18.6 Å². The summed E-state index contributed by atoms with van der Waals surface area (Å²) in [6, 6.07) is 1.59. The number of carbonyl (C=O) groups excluding carboxylic acids is 1. The zero-order valence-electron chi connectivity index (χ0n) is 7.37. The molecule has 0 spiro atoms. The number of alkyl halides is 2. The fraction of sp³-hybridized carbons (Fsp3) is 0.125. The lowest BCUT2D eigenvalue weighted by Crippen LogP contribution is -2.19. The third kappa shape index (κ3) is 2.04. The van der Waals surface area contributed by atoms with Gasteiger partial charge in [0, 0.05) is 0 Å². The molecule has 0 aromatic carbocycles. The fourth-order valence-corrected chi connectivity index (χ4v) is 1.15. The Morgan fingerprint density at radius 1 is 1.60 bits per heavy atom. The highest BCUT2D eigenvalue weighted by Gasteiger charge is 2.13. The van der Waals surface area contributed by atoms with Crippen molar-refractivity contribution >= 4 is 34.4 Å². The summed E-state index contributed by atoms with van der Waals surface area (Å²) in [5.41, 5.74) is -0.532. The molecule has 2 aromatic heterocycles. The van der Waals surface area contributed by atoms with Crippen LogP contribution in [0.3, 0.4) is 0 Å². The van der Waals surface area contributed by atoms with Gasteiger partial charge in [-0.25, -0.2) is 14.4 Å². The molecule has 78 valence electrons. The van der Waals surface area contributed by atoms with E-state index in [9.17, 15) is 9.18 Å². The molecule has 0 aliphatic heterocycles. The number of aromatic nitrogens is 3. The molecule has 0 bridgehead atoms. The third-order valence-electron chi connectivity index (χ3n) is 1.74. The van der Waals surface area contributed by atoms with Crippen molar-refractivity contribution in [3.63, 3.8) is 0 Å². The molecule has 1 amide bonds. The molecule has 2 rings (SSSR count). The van der Waals surface area contributed by atoms with Crippen molar-refractivity contribution in [1.82, 2.24) is 15.0 Å². The van der Waals surface area contributed by atoms with E-state index in [0.717, 1.165) is 0 Å². The molecule has 0 aliphatic carbocycles. The Kier molecular flexibility index (Phi) is 2.51. The fourth-order valence-electron chi connectivity index (χ4n) is 1.09. The van der Waals surface area contributed by atoms with Gasteiger partial charge in [0.15, 0.2) is 5.65 Å². The first-order valence-electron chi connectivity index (χ1n) is 4.05. The van der Waals surface area contributed by atoms with E-state index in [2.05, 4.69) is 20.3 Å². The van der Waals surface area contributed by atoms with Gasteiger partial charge in [-0.2, -0.15) is 0 Å². The van der Waals surface area contributed by atoms with Crippen LogP contribution in [0.4, 0.5) is 10.1 Å². The van der Waals surface area contributed by atoms with E-state index in [4.69, 9.17) is 11.6 Å². The van der Waals surface area contributed by atoms with Gasteiger partial charge in [0.25, 0.3) is 11.5 Å². The first kappa shape index (κ1) is 9.85. The first-order valence-corrected chi connectivity index (χ1v) is 4.48. The van der Waals surface area contributed by atoms with Crippen LogP contribution in [-0.4, -0.2) is 26.5 Å². The summed E-state index contributed by atoms with van der Waals surface area (Å²) in [7, 11) is 0. The predicted octanol–water partition coefficient (Wildman–Crippen LogP) is 1.43. The zero-order valence-corrected chi connectivity index (χ0v) is 8.12. The van der Waals surface area contributed by atoms with Gasteiger partial charge in [-0.05, 0) is 6.07 Å². The van der Waals surface area contributed by atoms with Gasteiger partial charge in [-0.15, -0.1) is 0 Å². The predicted molar refractivity (Wildman–Crippen MR) is 53.3 cm³/mol. The number of hydrogen-bond acceptors (Lipinski definition) is 3. The molecule has 0 radical (unpaired) electrons. The van der Waals surface area contributed by atoms with E-state index >= 15 is 0 Å². The molecule has 2 aromatic rings. The lowest BCUT2D eigenvalue weighted by Gasteiger charge is -2.03. The van der Waals surface area contributed by atoms with Gasteiger partial charge < -0.3 is 10.3 Å². The Balaban J connectivity index is 2.25. The van der Waals surface area contributed by atoms with E-state index in [1.807, 2.05) is 0 Å². The number of rotatable bonds is 2. The van der Waals surface area contributed by atoms with Crippen LogP contribution in [0.25, 0.3) is 11.2 Å². The molecule has 1 atom stereocenters. The summed E-state index contributed by atoms with van der Waals surface area (Å²) in [4.78, 5) is 21.6. The summed E-state index contributed by atoms with van der Waals surface area (Å²) < 4.78 is 12.3. The largest absolute Gasteiger partial charge is 0.343 e.